The highest BCUT2D eigenvalue weighted by Gasteiger charge is 2.28. The standard InChI is InChI=1S/C21H39N2S.C2H6/c1-20(2,3)18-21(4,5)24-22(6)15-16-23(7,8)17-19-13-11-9-10-12-14-19;1-2/h9-11,13-14H,12,15-18H2,1-8H3;1-2H3/q+1;. The smallest absolute Gasteiger partial charge is 0.104 e. The van der Waals surface area contributed by atoms with Crippen molar-refractivity contribution in [1.29, 1.82) is 0 Å². The number of allylic oxidation sites excluding steroid dienone is 4. The van der Waals surface area contributed by atoms with Crippen LogP contribution in [0, 0.1) is 5.41 Å². The molecule has 0 spiro atoms. The summed E-state index contributed by atoms with van der Waals surface area (Å²) in [4.78, 5) is 0. The molecule has 0 saturated heterocycles. The summed E-state index contributed by atoms with van der Waals surface area (Å²) in [6, 6.07) is 0. The van der Waals surface area contributed by atoms with Gasteiger partial charge in [0.05, 0.1) is 27.2 Å². The van der Waals surface area contributed by atoms with Gasteiger partial charge in [-0.3, -0.25) is 0 Å². The van der Waals surface area contributed by atoms with E-state index in [1.165, 1.54) is 12.0 Å². The van der Waals surface area contributed by atoms with Crippen LogP contribution in [0.4, 0.5) is 0 Å². The van der Waals surface area contributed by atoms with Gasteiger partial charge in [-0.2, -0.15) is 0 Å². The van der Waals surface area contributed by atoms with Gasteiger partial charge in [0.25, 0.3) is 0 Å². The van der Waals surface area contributed by atoms with Crippen molar-refractivity contribution in [2.75, 3.05) is 40.8 Å². The third-order valence-electron chi connectivity index (χ3n) is 4.06. The fraction of sp³-hybridized carbons (Fsp3) is 0.739. The molecule has 0 aromatic carbocycles. The molecule has 0 bridgehead atoms. The van der Waals surface area contributed by atoms with E-state index in [2.05, 4.69) is 90.4 Å². The second-order valence-electron chi connectivity index (χ2n) is 9.56. The van der Waals surface area contributed by atoms with Crippen LogP contribution in [0.25, 0.3) is 0 Å². The Balaban J connectivity index is 0.00000301. The Labute approximate surface area is 169 Å². The summed E-state index contributed by atoms with van der Waals surface area (Å²) in [5.74, 6) is 0. The Bertz CT molecular complexity index is 479. The summed E-state index contributed by atoms with van der Waals surface area (Å²) in [6.45, 7) is 19.1. The number of quaternary nitrogens is 1. The second-order valence-corrected chi connectivity index (χ2v) is 11.5. The maximum absolute atomic E-state index is 2.44. The van der Waals surface area contributed by atoms with Gasteiger partial charge in [0.1, 0.15) is 6.54 Å². The molecule has 0 fully saturated rings. The molecule has 0 heterocycles. The quantitative estimate of drug-likeness (QED) is 0.357. The van der Waals surface area contributed by atoms with Gasteiger partial charge in [-0.05, 0) is 39.2 Å². The molecular weight excluding hydrogens is 336 g/mol. The van der Waals surface area contributed by atoms with Gasteiger partial charge < -0.3 is 4.48 Å². The summed E-state index contributed by atoms with van der Waals surface area (Å²) in [6.07, 6.45) is 13.4. The van der Waals surface area contributed by atoms with Crippen LogP contribution in [0.3, 0.4) is 0 Å². The molecule has 0 aliphatic heterocycles. The third kappa shape index (κ3) is 12.8. The van der Waals surface area contributed by atoms with Crippen molar-refractivity contribution in [1.82, 2.24) is 4.31 Å². The van der Waals surface area contributed by atoms with Crippen LogP contribution in [0.5, 0.6) is 0 Å². The minimum absolute atomic E-state index is 0.280. The zero-order valence-electron chi connectivity index (χ0n) is 19.2. The van der Waals surface area contributed by atoms with E-state index in [0.29, 0.717) is 5.41 Å². The first-order chi connectivity index (χ1) is 11.9. The van der Waals surface area contributed by atoms with E-state index in [1.807, 2.05) is 25.8 Å². The van der Waals surface area contributed by atoms with Crippen molar-refractivity contribution in [3.8, 4) is 0 Å². The van der Waals surface area contributed by atoms with Crippen molar-refractivity contribution < 1.29 is 4.48 Å². The molecule has 0 atom stereocenters. The van der Waals surface area contributed by atoms with Crippen LogP contribution >= 0.6 is 11.9 Å². The molecule has 0 saturated carbocycles. The average molecular weight is 382 g/mol. The molecule has 0 unspecified atom stereocenters. The molecule has 1 rings (SSSR count). The monoisotopic (exact) mass is 381 g/mol. The molecule has 3 heteroatoms. The first-order valence-electron chi connectivity index (χ1n) is 10.1. The van der Waals surface area contributed by atoms with Gasteiger partial charge in [0.2, 0.25) is 0 Å². The lowest BCUT2D eigenvalue weighted by Gasteiger charge is -2.36. The molecule has 2 nitrogen and oxygen atoms in total. The number of hydrogen-bond donors (Lipinski definition) is 0. The van der Waals surface area contributed by atoms with Gasteiger partial charge in [0.15, 0.2) is 0 Å². The lowest BCUT2D eigenvalue weighted by molar-refractivity contribution is -0.884. The summed E-state index contributed by atoms with van der Waals surface area (Å²) in [5, 5.41) is 0. The fourth-order valence-electron chi connectivity index (χ4n) is 3.50. The Morgan fingerprint density at radius 2 is 1.69 bits per heavy atom. The Hall–Kier alpha value is -0.510. The summed E-state index contributed by atoms with van der Waals surface area (Å²) >= 11 is 2.00. The molecule has 26 heavy (non-hydrogen) atoms. The average Bonchev–Trinajstić information content (AvgIpc) is 2.72. The first-order valence-corrected chi connectivity index (χ1v) is 10.9. The van der Waals surface area contributed by atoms with Gasteiger partial charge >= 0.3 is 0 Å². The van der Waals surface area contributed by atoms with Gasteiger partial charge in [-0.1, -0.05) is 76.9 Å². The number of likely N-dealkylation sites (N-methyl/N-ethyl adjacent to an activating group) is 2. The van der Waals surface area contributed by atoms with Crippen LogP contribution in [0.15, 0.2) is 36.0 Å². The Kier molecular flexibility index (Phi) is 11.1. The van der Waals surface area contributed by atoms with E-state index < -0.39 is 0 Å². The third-order valence-corrected chi connectivity index (χ3v) is 5.20. The van der Waals surface area contributed by atoms with Gasteiger partial charge in [-0.25, -0.2) is 4.31 Å². The van der Waals surface area contributed by atoms with Crippen molar-refractivity contribution in [3.63, 3.8) is 0 Å². The highest BCUT2D eigenvalue weighted by atomic mass is 32.2. The minimum Gasteiger partial charge on any atom is -0.324 e. The van der Waals surface area contributed by atoms with E-state index >= 15 is 0 Å². The van der Waals surface area contributed by atoms with E-state index in [4.69, 9.17) is 0 Å². The van der Waals surface area contributed by atoms with Crippen LogP contribution in [-0.4, -0.2) is 54.3 Å². The van der Waals surface area contributed by atoms with Crippen molar-refractivity contribution in [2.45, 2.75) is 66.1 Å². The van der Waals surface area contributed by atoms with E-state index in [1.54, 1.807) is 0 Å². The number of rotatable bonds is 8. The van der Waals surface area contributed by atoms with Crippen LogP contribution in [0.2, 0.25) is 0 Å². The molecule has 1 aliphatic rings. The molecule has 0 N–H and O–H groups in total. The predicted octanol–water partition coefficient (Wildman–Crippen LogP) is 6.33. The molecule has 0 aromatic heterocycles. The topological polar surface area (TPSA) is 3.24 Å². The number of nitrogens with zero attached hydrogens (tertiary/aromatic N) is 2. The molecule has 0 radical (unpaired) electrons. The molecule has 152 valence electrons. The summed E-state index contributed by atoms with van der Waals surface area (Å²) in [5.41, 5.74) is 1.83. The largest absolute Gasteiger partial charge is 0.324 e. The molecule has 0 amide bonds. The zero-order chi connectivity index (χ0) is 20.4. The van der Waals surface area contributed by atoms with E-state index in [0.717, 1.165) is 30.5 Å². The lowest BCUT2D eigenvalue weighted by atomic mass is 9.86. The molecular formula is C23H45N2S+. The van der Waals surface area contributed by atoms with Crippen molar-refractivity contribution in [2.24, 2.45) is 5.41 Å². The van der Waals surface area contributed by atoms with Gasteiger partial charge in [0, 0.05) is 10.3 Å². The van der Waals surface area contributed by atoms with E-state index in [9.17, 15) is 0 Å². The van der Waals surface area contributed by atoms with E-state index in [-0.39, 0.29) is 4.75 Å². The summed E-state index contributed by atoms with van der Waals surface area (Å²) in [7, 11) is 6.92. The van der Waals surface area contributed by atoms with Crippen LogP contribution < -0.4 is 0 Å². The maximum atomic E-state index is 2.44. The Morgan fingerprint density at radius 1 is 1.08 bits per heavy atom. The predicted molar refractivity (Wildman–Crippen MR) is 123 cm³/mol. The highest BCUT2D eigenvalue weighted by molar-refractivity contribution is 7.98. The Morgan fingerprint density at radius 3 is 2.27 bits per heavy atom. The minimum atomic E-state index is 0.280. The SMILES string of the molecule is CC.CN(CC[N+](C)(C)CC1=CCC=CC=C1)SC(C)(C)CC(C)(C)C. The maximum Gasteiger partial charge on any atom is 0.104 e. The highest BCUT2D eigenvalue weighted by Crippen LogP contribution is 2.37. The first kappa shape index (κ1) is 25.5. The van der Waals surface area contributed by atoms with Gasteiger partial charge in [-0.15, -0.1) is 0 Å². The lowest BCUT2D eigenvalue weighted by Crippen LogP contribution is -2.45. The van der Waals surface area contributed by atoms with Crippen molar-refractivity contribution in [3.05, 3.63) is 36.0 Å². The zero-order valence-corrected chi connectivity index (χ0v) is 20.0. The number of hydrogen-bond acceptors (Lipinski definition) is 2. The molecule has 0 aromatic rings. The normalized spacial score (nSPS) is 15.4. The van der Waals surface area contributed by atoms with Crippen molar-refractivity contribution >= 4 is 11.9 Å². The molecule has 1 aliphatic carbocycles. The fourth-order valence-corrected chi connectivity index (χ4v) is 5.02. The summed E-state index contributed by atoms with van der Waals surface area (Å²) < 4.78 is 3.74. The van der Waals surface area contributed by atoms with Crippen LogP contribution in [-0.2, 0) is 0 Å². The van der Waals surface area contributed by atoms with Crippen LogP contribution in [0.1, 0.15) is 61.3 Å². The second kappa shape index (κ2) is 11.4.